The average Bonchev–Trinajstić information content (AvgIpc) is 2.92. The molecule has 0 saturated carbocycles. The molecule has 38 heavy (non-hydrogen) atoms. The van der Waals surface area contributed by atoms with Crippen molar-refractivity contribution in [3.8, 4) is 5.75 Å². The zero-order chi connectivity index (χ0) is 26.6. The monoisotopic (exact) mass is 558 g/mol. The highest BCUT2D eigenvalue weighted by molar-refractivity contribution is 7.81. The standard InChI is InChI=1S/C30H20Cl2N2O3S/c31-22-9-7-8-21(16-22)19-37-27-15-14-20(18-26(27)32)17-25-28(35)33(23-10-3-1-4-11-23)30(38)34(29(25)36)24-12-5-2-6-13-24/h1-18H,19H2. The fraction of sp³-hybridized carbons (Fsp3) is 0.0333. The summed E-state index contributed by atoms with van der Waals surface area (Å²) in [6.45, 7) is 0.285. The first-order valence-corrected chi connectivity index (χ1v) is 12.8. The van der Waals surface area contributed by atoms with Crippen molar-refractivity contribution >= 4 is 69.8 Å². The maximum atomic E-state index is 13.6. The molecule has 0 aliphatic carbocycles. The Morgan fingerprint density at radius 2 is 1.34 bits per heavy atom. The highest BCUT2D eigenvalue weighted by atomic mass is 35.5. The fourth-order valence-corrected chi connectivity index (χ4v) is 4.85. The average molecular weight is 559 g/mol. The van der Waals surface area contributed by atoms with Crippen LogP contribution in [0, 0.1) is 0 Å². The molecule has 1 aliphatic heterocycles. The van der Waals surface area contributed by atoms with Gasteiger partial charge in [-0.25, -0.2) is 0 Å². The number of para-hydroxylation sites is 2. The van der Waals surface area contributed by atoms with E-state index in [2.05, 4.69) is 0 Å². The van der Waals surface area contributed by atoms with Crippen molar-refractivity contribution in [2.24, 2.45) is 0 Å². The molecule has 1 fully saturated rings. The number of thiocarbonyl (C=S) groups is 1. The second-order valence-electron chi connectivity index (χ2n) is 8.40. The lowest BCUT2D eigenvalue weighted by Crippen LogP contribution is -2.56. The number of halogens is 2. The number of benzene rings is 4. The van der Waals surface area contributed by atoms with E-state index in [4.69, 9.17) is 40.2 Å². The summed E-state index contributed by atoms with van der Waals surface area (Å²) < 4.78 is 5.85. The van der Waals surface area contributed by atoms with Gasteiger partial charge in [0.2, 0.25) is 0 Å². The molecule has 1 aliphatic rings. The molecule has 1 heterocycles. The SMILES string of the molecule is O=C1C(=Cc2ccc(OCc3cccc(Cl)c3)c(Cl)c2)C(=O)N(c2ccccc2)C(=S)N1c1ccccc1. The van der Waals surface area contributed by atoms with Crippen molar-refractivity contribution in [1.29, 1.82) is 0 Å². The summed E-state index contributed by atoms with van der Waals surface area (Å²) in [6, 6.07) is 30.4. The Bertz CT molecular complexity index is 1500. The minimum Gasteiger partial charge on any atom is -0.487 e. The van der Waals surface area contributed by atoms with Gasteiger partial charge in [-0.3, -0.25) is 19.4 Å². The van der Waals surface area contributed by atoms with E-state index < -0.39 is 11.8 Å². The van der Waals surface area contributed by atoms with Gasteiger partial charge in [0, 0.05) is 5.02 Å². The van der Waals surface area contributed by atoms with Crippen LogP contribution in [-0.2, 0) is 16.2 Å². The highest BCUT2D eigenvalue weighted by Crippen LogP contribution is 2.32. The molecule has 0 unspecified atom stereocenters. The van der Waals surface area contributed by atoms with Crippen LogP contribution in [0.1, 0.15) is 11.1 Å². The molecule has 0 atom stereocenters. The Morgan fingerprint density at radius 1 is 0.737 bits per heavy atom. The van der Waals surface area contributed by atoms with Crippen LogP contribution in [0.3, 0.4) is 0 Å². The zero-order valence-electron chi connectivity index (χ0n) is 19.9. The Morgan fingerprint density at radius 3 is 1.89 bits per heavy atom. The summed E-state index contributed by atoms with van der Waals surface area (Å²) in [5.41, 5.74) is 2.54. The number of amides is 2. The number of hydrogen-bond acceptors (Lipinski definition) is 4. The van der Waals surface area contributed by atoms with Crippen molar-refractivity contribution in [1.82, 2.24) is 0 Å². The Balaban J connectivity index is 1.48. The predicted octanol–water partition coefficient (Wildman–Crippen LogP) is 7.32. The number of ether oxygens (including phenoxy) is 1. The van der Waals surface area contributed by atoms with E-state index in [1.165, 1.54) is 15.9 Å². The molecular formula is C30H20Cl2N2O3S. The van der Waals surface area contributed by atoms with Crippen molar-refractivity contribution in [3.05, 3.63) is 130 Å². The van der Waals surface area contributed by atoms with Gasteiger partial charge in [-0.2, -0.15) is 0 Å². The van der Waals surface area contributed by atoms with Gasteiger partial charge < -0.3 is 4.74 Å². The van der Waals surface area contributed by atoms with E-state index in [0.29, 0.717) is 32.7 Å². The van der Waals surface area contributed by atoms with Gasteiger partial charge in [-0.05, 0) is 78.0 Å². The fourth-order valence-electron chi connectivity index (χ4n) is 4.02. The van der Waals surface area contributed by atoms with Crippen LogP contribution in [0.5, 0.6) is 5.75 Å². The Hall–Kier alpha value is -3.97. The molecule has 5 nitrogen and oxygen atoms in total. The van der Waals surface area contributed by atoms with Crippen LogP contribution >= 0.6 is 35.4 Å². The molecule has 0 N–H and O–H groups in total. The molecule has 8 heteroatoms. The molecule has 0 radical (unpaired) electrons. The third-order valence-corrected chi connectivity index (χ3v) is 6.72. The number of carbonyl (C=O) groups excluding carboxylic acids is 2. The van der Waals surface area contributed by atoms with Gasteiger partial charge in [0.25, 0.3) is 11.8 Å². The summed E-state index contributed by atoms with van der Waals surface area (Å²) in [4.78, 5) is 30.0. The number of carbonyl (C=O) groups is 2. The highest BCUT2D eigenvalue weighted by Gasteiger charge is 2.41. The van der Waals surface area contributed by atoms with Gasteiger partial charge in [-0.15, -0.1) is 0 Å². The van der Waals surface area contributed by atoms with Crippen molar-refractivity contribution in [2.75, 3.05) is 9.80 Å². The molecule has 1 saturated heterocycles. The third kappa shape index (κ3) is 5.34. The number of nitrogens with zero attached hydrogens (tertiary/aromatic N) is 2. The third-order valence-electron chi connectivity index (χ3n) is 5.83. The van der Waals surface area contributed by atoms with Crippen LogP contribution in [-0.4, -0.2) is 16.9 Å². The van der Waals surface area contributed by atoms with Crippen LogP contribution in [0.4, 0.5) is 11.4 Å². The summed E-state index contributed by atoms with van der Waals surface area (Å²) in [5, 5.41) is 1.04. The van der Waals surface area contributed by atoms with E-state index in [0.717, 1.165) is 5.56 Å². The molecule has 0 aromatic heterocycles. The van der Waals surface area contributed by atoms with Crippen LogP contribution in [0.25, 0.3) is 6.08 Å². The molecule has 5 rings (SSSR count). The molecule has 188 valence electrons. The largest absolute Gasteiger partial charge is 0.487 e. The maximum Gasteiger partial charge on any atom is 0.270 e. The van der Waals surface area contributed by atoms with Crippen LogP contribution in [0.2, 0.25) is 10.0 Å². The van der Waals surface area contributed by atoms with Gasteiger partial charge in [-0.1, -0.05) is 77.8 Å². The van der Waals surface area contributed by atoms with Gasteiger partial charge in [0.15, 0.2) is 5.11 Å². The zero-order valence-corrected chi connectivity index (χ0v) is 22.2. The first kappa shape index (κ1) is 25.7. The lowest BCUT2D eigenvalue weighted by atomic mass is 10.0. The van der Waals surface area contributed by atoms with E-state index in [1.54, 1.807) is 72.8 Å². The van der Waals surface area contributed by atoms with Crippen LogP contribution in [0.15, 0.2) is 109 Å². The van der Waals surface area contributed by atoms with Crippen molar-refractivity contribution in [2.45, 2.75) is 6.61 Å². The maximum absolute atomic E-state index is 13.6. The van der Waals surface area contributed by atoms with Crippen LogP contribution < -0.4 is 14.5 Å². The van der Waals surface area contributed by atoms with Crippen molar-refractivity contribution in [3.63, 3.8) is 0 Å². The molecule has 2 amide bonds. The van der Waals surface area contributed by atoms with Gasteiger partial charge in [0.1, 0.15) is 17.9 Å². The van der Waals surface area contributed by atoms with Crippen molar-refractivity contribution < 1.29 is 14.3 Å². The van der Waals surface area contributed by atoms with Gasteiger partial charge in [0.05, 0.1) is 16.4 Å². The lowest BCUT2D eigenvalue weighted by molar-refractivity contribution is -0.120. The number of rotatable bonds is 6. The molecule has 0 bridgehead atoms. The Labute approximate surface area is 235 Å². The van der Waals surface area contributed by atoms with E-state index in [9.17, 15) is 9.59 Å². The van der Waals surface area contributed by atoms with Gasteiger partial charge >= 0.3 is 0 Å². The van der Waals surface area contributed by atoms with E-state index in [1.807, 2.05) is 30.3 Å². The van der Waals surface area contributed by atoms with E-state index >= 15 is 0 Å². The summed E-state index contributed by atoms with van der Waals surface area (Å²) >= 11 is 18.2. The topological polar surface area (TPSA) is 49.9 Å². The predicted molar refractivity (Wildman–Crippen MR) is 156 cm³/mol. The lowest BCUT2D eigenvalue weighted by Gasteiger charge is -2.36. The first-order chi connectivity index (χ1) is 18.4. The summed E-state index contributed by atoms with van der Waals surface area (Å²) in [7, 11) is 0. The summed E-state index contributed by atoms with van der Waals surface area (Å²) in [5.74, 6) is -0.570. The molecule has 4 aromatic rings. The second-order valence-corrected chi connectivity index (χ2v) is 9.61. The first-order valence-electron chi connectivity index (χ1n) is 11.6. The molecule has 4 aromatic carbocycles. The number of hydrogen-bond donors (Lipinski definition) is 0. The minimum absolute atomic E-state index is 0.0463. The molecular weight excluding hydrogens is 539 g/mol. The Kier molecular flexibility index (Phi) is 7.56. The van der Waals surface area contributed by atoms with E-state index in [-0.39, 0.29) is 17.3 Å². The second kappa shape index (κ2) is 11.2. The number of anilines is 2. The minimum atomic E-state index is -0.518. The molecule has 0 spiro atoms. The quantitative estimate of drug-likeness (QED) is 0.141. The normalized spacial score (nSPS) is 13.6. The summed E-state index contributed by atoms with van der Waals surface area (Å²) in [6.07, 6.45) is 1.52. The smallest absolute Gasteiger partial charge is 0.270 e.